The first-order valence-electron chi connectivity index (χ1n) is 4.44. The molecule has 3 rings (SSSR count). The minimum atomic E-state index is 0.908. The van der Waals surface area contributed by atoms with Crippen LogP contribution >= 0.6 is 38.5 Å². The highest BCUT2D eigenvalue weighted by molar-refractivity contribution is 14.1. The van der Waals surface area contributed by atoms with E-state index in [0.717, 1.165) is 29.7 Å². The summed E-state index contributed by atoms with van der Waals surface area (Å²) in [5.74, 6) is 0. The molecule has 1 aliphatic carbocycles. The predicted octanol–water partition coefficient (Wildman–Crippen LogP) is 2.85. The lowest BCUT2D eigenvalue weighted by atomic mass is 10.2. The van der Waals surface area contributed by atoms with Crippen molar-refractivity contribution in [1.82, 2.24) is 0 Å². The molecule has 1 aromatic carbocycles. The second-order valence-corrected chi connectivity index (χ2v) is 5.19. The van der Waals surface area contributed by atoms with E-state index in [1.807, 2.05) is 24.3 Å². The number of hydrogen-bond acceptors (Lipinski definition) is 1. The maximum Gasteiger partial charge on any atom is 0.264 e. The number of hydrogen-bond donors (Lipinski definition) is 0. The minimum absolute atomic E-state index is 0.908. The summed E-state index contributed by atoms with van der Waals surface area (Å²) in [6.07, 6.45) is 5.09. The van der Waals surface area contributed by atoms with Gasteiger partial charge in [0.1, 0.15) is 10.6 Å². The molecule has 0 N–H and O–H groups in total. The SMILES string of the molecule is BrC1=c2c(oc3ccccc23)=C(I)[C+]=C1. The van der Waals surface area contributed by atoms with Crippen molar-refractivity contribution in [2.45, 2.75) is 0 Å². The van der Waals surface area contributed by atoms with Crippen molar-refractivity contribution in [3.05, 3.63) is 47.1 Å². The third-order valence-corrected chi connectivity index (χ3v) is 3.79. The molecular weight excluding hydrogens is 367 g/mol. The molecule has 1 nitrogen and oxygen atoms in total. The van der Waals surface area contributed by atoms with Crippen molar-refractivity contribution < 1.29 is 4.42 Å². The summed E-state index contributed by atoms with van der Waals surface area (Å²) in [6.45, 7) is 0. The first-order valence-corrected chi connectivity index (χ1v) is 6.31. The van der Waals surface area contributed by atoms with Gasteiger partial charge in [0.2, 0.25) is 3.58 Å². The van der Waals surface area contributed by atoms with Gasteiger partial charge < -0.3 is 4.42 Å². The van der Waals surface area contributed by atoms with E-state index in [9.17, 15) is 0 Å². The maximum atomic E-state index is 5.80. The molecule has 1 aliphatic rings. The smallest absolute Gasteiger partial charge is 0.264 e. The molecule has 1 aromatic heterocycles. The molecule has 0 atom stereocenters. The lowest BCUT2D eigenvalue weighted by Crippen LogP contribution is -2.24. The number of fused-ring (bicyclic) bond motifs is 3. The van der Waals surface area contributed by atoms with Crippen LogP contribution < -0.4 is 10.6 Å². The molecule has 0 radical (unpaired) electrons. The van der Waals surface area contributed by atoms with Gasteiger partial charge in [0, 0.05) is 38.5 Å². The second-order valence-electron chi connectivity index (χ2n) is 3.25. The Balaban J connectivity index is 2.71. The molecule has 0 unspecified atom stereocenters. The number of furan rings is 1. The Morgan fingerprint density at radius 3 is 2.93 bits per heavy atom. The summed E-state index contributed by atoms with van der Waals surface area (Å²) >= 11 is 5.78. The Kier molecular flexibility index (Phi) is 2.20. The van der Waals surface area contributed by atoms with Gasteiger partial charge in [0.15, 0.2) is 10.8 Å². The Hall–Kier alpha value is -0.640. The maximum absolute atomic E-state index is 5.80. The van der Waals surface area contributed by atoms with Crippen LogP contribution in [-0.4, -0.2) is 0 Å². The van der Waals surface area contributed by atoms with Crippen LogP contribution in [0.2, 0.25) is 0 Å². The lowest BCUT2D eigenvalue weighted by molar-refractivity contribution is 0.575. The topological polar surface area (TPSA) is 13.1 Å². The quantitative estimate of drug-likeness (QED) is 0.512. The molecule has 0 amide bonds. The Bertz CT molecular complexity index is 694. The van der Waals surface area contributed by atoms with Crippen LogP contribution in [0.1, 0.15) is 0 Å². The van der Waals surface area contributed by atoms with Crippen molar-refractivity contribution in [3.63, 3.8) is 0 Å². The van der Waals surface area contributed by atoms with Gasteiger partial charge in [-0.25, -0.2) is 0 Å². The standard InChI is InChI=1S/C12H5BrIO/c13-8-5-6-9(14)12-11(8)7-3-1-2-4-10(7)15-12/h1-5H/q+1. The van der Waals surface area contributed by atoms with E-state index in [0.29, 0.717) is 0 Å². The number of benzene rings is 1. The highest BCUT2D eigenvalue weighted by Crippen LogP contribution is 2.18. The van der Waals surface area contributed by atoms with E-state index in [1.165, 1.54) is 0 Å². The van der Waals surface area contributed by atoms with Crippen LogP contribution in [0.5, 0.6) is 0 Å². The summed E-state index contributed by atoms with van der Waals surface area (Å²) < 4.78 is 7.84. The van der Waals surface area contributed by atoms with Gasteiger partial charge in [-0.15, -0.1) is 0 Å². The molecule has 0 saturated carbocycles. The Labute approximate surface area is 108 Å². The summed E-state index contributed by atoms with van der Waals surface area (Å²) in [5, 5.41) is 2.28. The fourth-order valence-electron chi connectivity index (χ4n) is 1.70. The largest absolute Gasteiger partial charge is 0.395 e. The fourth-order valence-corrected chi connectivity index (χ4v) is 2.75. The highest BCUT2D eigenvalue weighted by atomic mass is 127. The third kappa shape index (κ3) is 1.38. The highest BCUT2D eigenvalue weighted by Gasteiger charge is 2.19. The molecule has 3 heteroatoms. The van der Waals surface area contributed by atoms with Gasteiger partial charge in [0.25, 0.3) is 5.42 Å². The number of rotatable bonds is 0. The second kappa shape index (κ2) is 3.44. The molecule has 2 aromatic rings. The average molecular weight is 372 g/mol. The van der Waals surface area contributed by atoms with E-state index >= 15 is 0 Å². The van der Waals surface area contributed by atoms with Gasteiger partial charge in [0.05, 0.1) is 11.5 Å². The number of allylic oxidation sites excluding steroid dienone is 2. The molecule has 0 spiro atoms. The van der Waals surface area contributed by atoms with Gasteiger partial charge in [-0.2, -0.15) is 0 Å². The van der Waals surface area contributed by atoms with Gasteiger partial charge in [-0.1, -0.05) is 12.1 Å². The molecule has 0 fully saturated rings. The van der Waals surface area contributed by atoms with Gasteiger partial charge >= 0.3 is 0 Å². The molecule has 0 aliphatic heterocycles. The van der Waals surface area contributed by atoms with E-state index < -0.39 is 0 Å². The summed E-state index contributed by atoms with van der Waals surface area (Å²) in [4.78, 5) is 0. The average Bonchev–Trinajstić information content (AvgIpc) is 2.64. The predicted molar refractivity (Wildman–Crippen MR) is 73.0 cm³/mol. The molecule has 1 heterocycles. The van der Waals surface area contributed by atoms with Crippen molar-refractivity contribution in [1.29, 1.82) is 0 Å². The third-order valence-electron chi connectivity index (χ3n) is 2.36. The zero-order chi connectivity index (χ0) is 10.4. The zero-order valence-corrected chi connectivity index (χ0v) is 11.3. The zero-order valence-electron chi connectivity index (χ0n) is 7.55. The normalized spacial score (nSPS) is 14.3. The first-order chi connectivity index (χ1) is 7.27. The van der Waals surface area contributed by atoms with Crippen LogP contribution in [0.3, 0.4) is 0 Å². The van der Waals surface area contributed by atoms with E-state index in [4.69, 9.17) is 4.42 Å². The van der Waals surface area contributed by atoms with Crippen LogP contribution in [0.25, 0.3) is 19.0 Å². The van der Waals surface area contributed by atoms with Gasteiger partial charge in [-0.3, -0.25) is 0 Å². The van der Waals surface area contributed by atoms with Crippen LogP contribution in [0.15, 0.2) is 34.8 Å². The van der Waals surface area contributed by atoms with Crippen LogP contribution in [0.4, 0.5) is 0 Å². The molecule has 15 heavy (non-hydrogen) atoms. The first kappa shape index (κ1) is 9.58. The Morgan fingerprint density at radius 2 is 2.07 bits per heavy atom. The minimum Gasteiger partial charge on any atom is -0.395 e. The summed E-state index contributed by atoms with van der Waals surface area (Å²) in [6, 6.07) is 8.06. The molecule has 0 bridgehead atoms. The van der Waals surface area contributed by atoms with Crippen LogP contribution in [-0.2, 0) is 0 Å². The molecule has 0 saturated heterocycles. The number of halogens is 2. The van der Waals surface area contributed by atoms with Crippen molar-refractivity contribution >= 4 is 57.6 Å². The van der Waals surface area contributed by atoms with E-state index in [-0.39, 0.29) is 0 Å². The molecule has 72 valence electrons. The van der Waals surface area contributed by atoms with Crippen molar-refractivity contribution in [2.75, 3.05) is 0 Å². The van der Waals surface area contributed by atoms with Crippen molar-refractivity contribution in [3.8, 4) is 0 Å². The monoisotopic (exact) mass is 371 g/mol. The van der Waals surface area contributed by atoms with E-state index in [2.05, 4.69) is 50.7 Å². The lowest BCUT2D eigenvalue weighted by Gasteiger charge is -1.85. The van der Waals surface area contributed by atoms with Gasteiger partial charge in [-0.05, 0) is 12.1 Å². The van der Waals surface area contributed by atoms with E-state index in [1.54, 1.807) is 0 Å². The molecular formula is C12H5BrIO+. The number of para-hydroxylation sites is 1. The van der Waals surface area contributed by atoms with Crippen molar-refractivity contribution in [2.24, 2.45) is 0 Å². The Morgan fingerprint density at radius 1 is 1.27 bits per heavy atom. The summed E-state index contributed by atoms with van der Waals surface area (Å²) in [7, 11) is 0. The fraction of sp³-hybridized carbons (Fsp3) is 0. The summed E-state index contributed by atoms with van der Waals surface area (Å²) in [5.41, 5.74) is 1.83. The van der Waals surface area contributed by atoms with Crippen LogP contribution in [0, 0.1) is 6.08 Å².